The number of aliphatic hydroxyl groups is 1. The minimum absolute atomic E-state index is 0.216. The standard InChI is InChI=1S/C13H20N2O2S2/c1-10-14-12(8-19-10)7-18-9-13(17)15-4-2-11(6-16)3-5-15/h8,11,16H,2-7,9H2,1H3. The van der Waals surface area contributed by atoms with E-state index >= 15 is 0 Å². The SMILES string of the molecule is Cc1nc(CSCC(=O)N2CCC(CO)CC2)cs1. The lowest BCUT2D eigenvalue weighted by Gasteiger charge is -2.31. The number of likely N-dealkylation sites (tertiary alicyclic amines) is 1. The second-order valence-corrected chi connectivity index (χ2v) is 6.91. The van der Waals surface area contributed by atoms with Crippen LogP contribution in [0.25, 0.3) is 0 Å². The van der Waals surface area contributed by atoms with E-state index in [4.69, 9.17) is 5.11 Å². The molecule has 1 saturated heterocycles. The van der Waals surface area contributed by atoms with Crippen LogP contribution < -0.4 is 0 Å². The molecular weight excluding hydrogens is 280 g/mol. The number of carbonyl (C=O) groups is 1. The van der Waals surface area contributed by atoms with Gasteiger partial charge in [0.2, 0.25) is 5.91 Å². The molecule has 0 spiro atoms. The van der Waals surface area contributed by atoms with Gasteiger partial charge in [0.05, 0.1) is 16.5 Å². The third-order valence-corrected chi connectivity index (χ3v) is 5.14. The fourth-order valence-electron chi connectivity index (χ4n) is 2.17. The fraction of sp³-hybridized carbons (Fsp3) is 0.692. The Bertz CT molecular complexity index is 415. The van der Waals surface area contributed by atoms with Gasteiger partial charge in [-0.3, -0.25) is 4.79 Å². The van der Waals surface area contributed by atoms with Crippen LogP contribution in [0.15, 0.2) is 5.38 Å². The molecule has 0 unspecified atom stereocenters. The molecule has 2 heterocycles. The largest absolute Gasteiger partial charge is 0.396 e. The van der Waals surface area contributed by atoms with Gasteiger partial charge in [0.25, 0.3) is 0 Å². The molecule has 0 aliphatic carbocycles. The Labute approximate surface area is 122 Å². The van der Waals surface area contributed by atoms with Gasteiger partial charge in [-0.05, 0) is 25.7 Å². The van der Waals surface area contributed by atoms with Crippen LogP contribution in [0.5, 0.6) is 0 Å². The number of hydrogen-bond acceptors (Lipinski definition) is 5. The number of rotatable bonds is 5. The summed E-state index contributed by atoms with van der Waals surface area (Å²) in [6.07, 6.45) is 1.86. The van der Waals surface area contributed by atoms with E-state index in [-0.39, 0.29) is 12.5 Å². The highest BCUT2D eigenvalue weighted by Crippen LogP contribution is 2.19. The van der Waals surface area contributed by atoms with Crippen molar-refractivity contribution in [3.05, 3.63) is 16.1 Å². The zero-order chi connectivity index (χ0) is 13.7. The summed E-state index contributed by atoms with van der Waals surface area (Å²) in [4.78, 5) is 18.3. The van der Waals surface area contributed by atoms with Crippen LogP contribution in [0, 0.1) is 12.8 Å². The molecule has 1 aromatic heterocycles. The third-order valence-electron chi connectivity index (χ3n) is 3.37. The number of nitrogens with zero attached hydrogens (tertiary/aromatic N) is 2. The highest BCUT2D eigenvalue weighted by Gasteiger charge is 2.21. The van der Waals surface area contributed by atoms with Crippen molar-refractivity contribution in [3.8, 4) is 0 Å². The monoisotopic (exact) mass is 300 g/mol. The molecule has 1 aliphatic heterocycles. The molecule has 106 valence electrons. The number of thiazole rings is 1. The molecule has 0 bridgehead atoms. The van der Waals surface area contributed by atoms with Gasteiger partial charge in [-0.1, -0.05) is 0 Å². The van der Waals surface area contributed by atoms with Crippen molar-refractivity contribution in [1.82, 2.24) is 9.88 Å². The van der Waals surface area contributed by atoms with Crippen molar-refractivity contribution in [2.75, 3.05) is 25.4 Å². The zero-order valence-electron chi connectivity index (χ0n) is 11.2. The number of aryl methyl sites for hydroxylation is 1. The summed E-state index contributed by atoms with van der Waals surface area (Å²) >= 11 is 3.28. The van der Waals surface area contributed by atoms with Crippen molar-refractivity contribution >= 4 is 29.0 Å². The molecular formula is C13H20N2O2S2. The van der Waals surface area contributed by atoms with Crippen LogP contribution in [0.2, 0.25) is 0 Å². The number of amides is 1. The molecule has 4 nitrogen and oxygen atoms in total. The summed E-state index contributed by atoms with van der Waals surface area (Å²) in [5.41, 5.74) is 1.07. The fourth-order valence-corrected chi connectivity index (χ4v) is 3.71. The minimum atomic E-state index is 0.216. The van der Waals surface area contributed by atoms with E-state index in [0.29, 0.717) is 11.7 Å². The van der Waals surface area contributed by atoms with E-state index < -0.39 is 0 Å². The smallest absolute Gasteiger partial charge is 0.232 e. The summed E-state index contributed by atoms with van der Waals surface area (Å²) in [6.45, 7) is 3.83. The van der Waals surface area contributed by atoms with Crippen molar-refractivity contribution in [3.63, 3.8) is 0 Å². The maximum atomic E-state index is 12.0. The van der Waals surface area contributed by atoms with Crippen molar-refractivity contribution in [1.29, 1.82) is 0 Å². The average molecular weight is 300 g/mol. The summed E-state index contributed by atoms with van der Waals surface area (Å²) in [5.74, 6) is 1.94. The number of aliphatic hydroxyl groups excluding tert-OH is 1. The van der Waals surface area contributed by atoms with Crippen molar-refractivity contribution in [2.24, 2.45) is 5.92 Å². The Hall–Kier alpha value is -0.590. The van der Waals surface area contributed by atoms with Crippen molar-refractivity contribution in [2.45, 2.75) is 25.5 Å². The van der Waals surface area contributed by atoms with E-state index in [1.54, 1.807) is 23.1 Å². The molecule has 19 heavy (non-hydrogen) atoms. The van der Waals surface area contributed by atoms with E-state index in [1.165, 1.54) is 0 Å². The van der Waals surface area contributed by atoms with Crippen LogP contribution in [0.1, 0.15) is 23.5 Å². The van der Waals surface area contributed by atoms with E-state index in [9.17, 15) is 4.79 Å². The molecule has 1 amide bonds. The minimum Gasteiger partial charge on any atom is -0.396 e. The first-order chi connectivity index (χ1) is 9.19. The highest BCUT2D eigenvalue weighted by atomic mass is 32.2. The summed E-state index contributed by atoms with van der Waals surface area (Å²) in [6, 6.07) is 0. The predicted octanol–water partition coefficient (Wildman–Crippen LogP) is 1.92. The maximum Gasteiger partial charge on any atom is 0.232 e. The summed E-state index contributed by atoms with van der Waals surface area (Å²) in [5, 5.41) is 12.2. The number of aromatic nitrogens is 1. The number of piperidine rings is 1. The van der Waals surface area contributed by atoms with Gasteiger partial charge in [-0.15, -0.1) is 23.1 Å². The second-order valence-electron chi connectivity index (χ2n) is 4.86. The zero-order valence-corrected chi connectivity index (χ0v) is 12.8. The first-order valence-corrected chi connectivity index (χ1v) is 8.60. The molecule has 0 radical (unpaired) electrons. The molecule has 2 rings (SSSR count). The molecule has 6 heteroatoms. The Morgan fingerprint density at radius 1 is 1.58 bits per heavy atom. The second kappa shape index (κ2) is 7.26. The molecule has 0 atom stereocenters. The number of carbonyl (C=O) groups excluding carboxylic acids is 1. The summed E-state index contributed by atoms with van der Waals surface area (Å²) in [7, 11) is 0. The van der Waals surface area contributed by atoms with Crippen LogP contribution in [-0.2, 0) is 10.5 Å². The number of hydrogen-bond donors (Lipinski definition) is 1. The first-order valence-electron chi connectivity index (χ1n) is 6.56. The molecule has 1 fully saturated rings. The van der Waals surface area contributed by atoms with Crippen molar-refractivity contribution < 1.29 is 9.90 Å². The van der Waals surface area contributed by atoms with Gasteiger partial charge in [-0.25, -0.2) is 4.98 Å². The van der Waals surface area contributed by atoms with Crippen LogP contribution in [0.3, 0.4) is 0 Å². The average Bonchev–Trinajstić information content (AvgIpc) is 2.84. The van der Waals surface area contributed by atoms with Gasteiger partial charge in [-0.2, -0.15) is 0 Å². The van der Waals surface area contributed by atoms with E-state index in [0.717, 1.165) is 42.4 Å². The highest BCUT2D eigenvalue weighted by molar-refractivity contribution is 7.99. The molecule has 0 aromatic carbocycles. The van der Waals surface area contributed by atoms with E-state index in [2.05, 4.69) is 10.4 Å². The maximum absolute atomic E-state index is 12.0. The first kappa shape index (κ1) is 14.8. The quantitative estimate of drug-likeness (QED) is 0.902. The molecule has 1 aliphatic rings. The Morgan fingerprint density at radius 3 is 2.89 bits per heavy atom. The van der Waals surface area contributed by atoms with Gasteiger partial charge < -0.3 is 10.0 Å². The third kappa shape index (κ3) is 4.47. The predicted molar refractivity (Wildman–Crippen MR) is 79.4 cm³/mol. The topological polar surface area (TPSA) is 53.4 Å². The van der Waals surface area contributed by atoms with E-state index in [1.807, 2.05) is 11.8 Å². The lowest BCUT2D eigenvalue weighted by atomic mass is 9.98. The van der Waals surface area contributed by atoms with Crippen LogP contribution in [-0.4, -0.2) is 46.3 Å². The van der Waals surface area contributed by atoms with Gasteiger partial charge in [0, 0.05) is 30.8 Å². The van der Waals surface area contributed by atoms with Gasteiger partial charge >= 0.3 is 0 Å². The van der Waals surface area contributed by atoms with Gasteiger partial charge in [0.1, 0.15) is 0 Å². The Kier molecular flexibility index (Phi) is 5.66. The summed E-state index contributed by atoms with van der Waals surface area (Å²) < 4.78 is 0. The normalized spacial score (nSPS) is 16.8. The number of thioether (sulfide) groups is 1. The molecule has 0 saturated carbocycles. The van der Waals surface area contributed by atoms with Crippen LogP contribution in [0.4, 0.5) is 0 Å². The lowest BCUT2D eigenvalue weighted by molar-refractivity contribution is -0.129. The Balaban J connectivity index is 1.67. The van der Waals surface area contributed by atoms with Crippen LogP contribution >= 0.6 is 23.1 Å². The molecule has 1 N–H and O–H groups in total. The lowest BCUT2D eigenvalue weighted by Crippen LogP contribution is -2.40. The Morgan fingerprint density at radius 2 is 2.32 bits per heavy atom. The van der Waals surface area contributed by atoms with Gasteiger partial charge in [0.15, 0.2) is 0 Å². The molecule has 1 aromatic rings.